The normalized spacial score (nSPS) is 17.1. The molecule has 0 radical (unpaired) electrons. The second-order valence-corrected chi connectivity index (χ2v) is 4.60. The number of ether oxygens (including phenoxy) is 1. The van der Waals surface area contributed by atoms with Crippen LogP contribution in [-0.4, -0.2) is 21.7 Å². The van der Waals surface area contributed by atoms with E-state index in [9.17, 15) is 9.90 Å². The molecule has 1 aromatic carbocycles. The minimum Gasteiger partial charge on any atom is -0.478 e. The zero-order valence-corrected chi connectivity index (χ0v) is 9.80. The molecule has 0 unspecified atom stereocenters. The van der Waals surface area contributed by atoms with Gasteiger partial charge in [-0.15, -0.1) is 0 Å². The second kappa shape index (κ2) is 3.98. The Hall–Kier alpha value is -2.10. The minimum atomic E-state index is -1.06. The van der Waals surface area contributed by atoms with Gasteiger partial charge in [0.1, 0.15) is 0 Å². The Morgan fingerprint density at radius 1 is 1.22 bits per heavy atom. The first kappa shape index (κ1) is 11.0. The van der Waals surface area contributed by atoms with Crippen molar-refractivity contribution in [1.82, 2.24) is 4.98 Å². The highest BCUT2D eigenvalue weighted by molar-refractivity contribution is 5.80. The second-order valence-electron chi connectivity index (χ2n) is 4.60. The molecule has 1 fully saturated rings. The number of aliphatic carboxylic acids is 1. The highest BCUT2D eigenvalue weighted by Gasteiger charge is 2.47. The molecule has 0 saturated heterocycles. The van der Waals surface area contributed by atoms with E-state index in [0.717, 1.165) is 17.3 Å². The Balaban J connectivity index is 1.93. The predicted octanol–water partition coefficient (Wildman–Crippen LogP) is 2.62. The number of fused-ring (bicyclic) bond motifs is 1. The van der Waals surface area contributed by atoms with Gasteiger partial charge in [0, 0.05) is 11.5 Å². The van der Waals surface area contributed by atoms with Crippen LogP contribution in [0.25, 0.3) is 10.9 Å². The first-order valence-electron chi connectivity index (χ1n) is 5.98. The van der Waals surface area contributed by atoms with Crippen LogP contribution in [0.1, 0.15) is 19.3 Å². The number of rotatable bonds is 3. The number of carboxylic acid groups (broad SMARTS) is 1. The van der Waals surface area contributed by atoms with E-state index in [1.807, 2.05) is 30.3 Å². The molecule has 1 aliphatic rings. The van der Waals surface area contributed by atoms with Crippen molar-refractivity contribution in [2.75, 3.05) is 0 Å². The van der Waals surface area contributed by atoms with Crippen molar-refractivity contribution >= 4 is 16.9 Å². The summed E-state index contributed by atoms with van der Waals surface area (Å²) >= 11 is 0. The summed E-state index contributed by atoms with van der Waals surface area (Å²) in [5.74, 6) is -0.514. The third kappa shape index (κ3) is 1.70. The smallest absolute Gasteiger partial charge is 0.348 e. The largest absolute Gasteiger partial charge is 0.478 e. The van der Waals surface area contributed by atoms with Crippen LogP contribution in [0.4, 0.5) is 0 Å². The van der Waals surface area contributed by atoms with Crippen molar-refractivity contribution in [3.8, 4) is 5.88 Å². The third-order valence-corrected chi connectivity index (χ3v) is 3.42. The van der Waals surface area contributed by atoms with Crippen molar-refractivity contribution in [3.05, 3.63) is 36.4 Å². The van der Waals surface area contributed by atoms with E-state index in [2.05, 4.69) is 4.98 Å². The molecule has 1 aromatic heterocycles. The molecule has 4 nitrogen and oxygen atoms in total. The Labute approximate surface area is 104 Å². The van der Waals surface area contributed by atoms with Crippen molar-refractivity contribution in [3.63, 3.8) is 0 Å². The first-order chi connectivity index (χ1) is 8.70. The molecule has 0 bridgehead atoms. The number of nitrogens with zero attached hydrogens (tertiary/aromatic N) is 1. The Bertz CT molecular complexity index is 605. The number of hydrogen-bond donors (Lipinski definition) is 1. The highest BCUT2D eigenvalue weighted by Crippen LogP contribution is 2.36. The molecule has 0 atom stereocenters. The lowest BCUT2D eigenvalue weighted by Gasteiger charge is -2.37. The summed E-state index contributed by atoms with van der Waals surface area (Å²) in [6, 6.07) is 11.3. The number of carbonyl (C=O) groups is 1. The molecular formula is C14H13NO3. The number of benzene rings is 1. The van der Waals surface area contributed by atoms with Gasteiger partial charge in [-0.2, -0.15) is 0 Å². The highest BCUT2D eigenvalue weighted by atomic mass is 16.5. The zero-order chi connectivity index (χ0) is 12.6. The summed E-state index contributed by atoms with van der Waals surface area (Å²) in [5, 5.41) is 10.2. The van der Waals surface area contributed by atoms with Crippen LogP contribution in [0.3, 0.4) is 0 Å². The van der Waals surface area contributed by atoms with Gasteiger partial charge in [-0.1, -0.05) is 18.2 Å². The van der Waals surface area contributed by atoms with Gasteiger partial charge >= 0.3 is 5.97 Å². The topological polar surface area (TPSA) is 59.4 Å². The van der Waals surface area contributed by atoms with Gasteiger partial charge in [-0.05, 0) is 31.4 Å². The maximum Gasteiger partial charge on any atom is 0.348 e. The Morgan fingerprint density at radius 3 is 2.67 bits per heavy atom. The number of pyridine rings is 1. The quantitative estimate of drug-likeness (QED) is 0.900. The average molecular weight is 243 g/mol. The summed E-state index contributed by atoms with van der Waals surface area (Å²) in [6.45, 7) is 0. The summed E-state index contributed by atoms with van der Waals surface area (Å²) in [5.41, 5.74) is -0.245. The monoisotopic (exact) mass is 243 g/mol. The van der Waals surface area contributed by atoms with E-state index in [-0.39, 0.29) is 0 Å². The van der Waals surface area contributed by atoms with Crippen LogP contribution in [-0.2, 0) is 4.79 Å². The summed E-state index contributed by atoms with van der Waals surface area (Å²) in [4.78, 5) is 15.6. The first-order valence-corrected chi connectivity index (χ1v) is 5.98. The van der Waals surface area contributed by atoms with Crippen molar-refractivity contribution < 1.29 is 14.6 Å². The Kier molecular flexibility index (Phi) is 2.44. The standard InChI is InChI=1S/C14H13NO3/c16-13(17)14(8-3-9-14)18-12-7-6-10-4-1-2-5-11(10)15-12/h1-2,4-7H,3,8-9H2,(H,16,17). The number of para-hydroxylation sites is 1. The molecule has 92 valence electrons. The third-order valence-electron chi connectivity index (χ3n) is 3.42. The molecule has 1 aliphatic carbocycles. The average Bonchev–Trinajstić information content (AvgIpc) is 2.33. The van der Waals surface area contributed by atoms with E-state index < -0.39 is 11.6 Å². The van der Waals surface area contributed by atoms with Crippen molar-refractivity contribution in [2.24, 2.45) is 0 Å². The van der Waals surface area contributed by atoms with E-state index >= 15 is 0 Å². The fraction of sp³-hybridized carbons (Fsp3) is 0.286. The zero-order valence-electron chi connectivity index (χ0n) is 9.80. The number of hydrogen-bond acceptors (Lipinski definition) is 3. The SMILES string of the molecule is O=C(O)C1(Oc2ccc3ccccc3n2)CCC1. The molecule has 0 aliphatic heterocycles. The fourth-order valence-electron chi connectivity index (χ4n) is 2.16. The molecule has 4 heteroatoms. The molecule has 2 aromatic rings. The van der Waals surface area contributed by atoms with E-state index in [4.69, 9.17) is 4.74 Å². The van der Waals surface area contributed by atoms with Gasteiger partial charge in [0.05, 0.1) is 5.52 Å². The summed E-state index contributed by atoms with van der Waals surface area (Å²) in [6.07, 6.45) is 1.99. The molecule has 0 amide bonds. The van der Waals surface area contributed by atoms with E-state index in [1.165, 1.54) is 0 Å². The molecule has 18 heavy (non-hydrogen) atoms. The van der Waals surface area contributed by atoms with Gasteiger partial charge < -0.3 is 9.84 Å². The summed E-state index contributed by atoms with van der Waals surface area (Å²) < 4.78 is 5.60. The van der Waals surface area contributed by atoms with Gasteiger partial charge in [0.25, 0.3) is 0 Å². The molecule has 1 saturated carbocycles. The molecular weight excluding hydrogens is 230 g/mol. The number of carboxylic acids is 1. The van der Waals surface area contributed by atoms with Crippen LogP contribution in [0.15, 0.2) is 36.4 Å². The molecule has 0 spiro atoms. The van der Waals surface area contributed by atoms with E-state index in [1.54, 1.807) is 6.07 Å². The van der Waals surface area contributed by atoms with Crippen LogP contribution in [0.2, 0.25) is 0 Å². The molecule has 1 heterocycles. The van der Waals surface area contributed by atoms with Gasteiger partial charge in [0.2, 0.25) is 11.5 Å². The minimum absolute atomic E-state index is 0.385. The van der Waals surface area contributed by atoms with Crippen LogP contribution in [0, 0.1) is 0 Å². The maximum absolute atomic E-state index is 11.2. The van der Waals surface area contributed by atoms with Crippen molar-refractivity contribution in [1.29, 1.82) is 0 Å². The lowest BCUT2D eigenvalue weighted by atomic mass is 9.80. The van der Waals surface area contributed by atoms with Crippen LogP contribution in [0.5, 0.6) is 5.88 Å². The van der Waals surface area contributed by atoms with Crippen LogP contribution >= 0.6 is 0 Å². The van der Waals surface area contributed by atoms with E-state index in [0.29, 0.717) is 18.7 Å². The summed E-state index contributed by atoms with van der Waals surface area (Å²) in [7, 11) is 0. The van der Waals surface area contributed by atoms with Crippen LogP contribution < -0.4 is 4.74 Å². The predicted molar refractivity (Wildman–Crippen MR) is 66.6 cm³/mol. The fourth-order valence-corrected chi connectivity index (χ4v) is 2.16. The lowest BCUT2D eigenvalue weighted by Crippen LogP contribution is -2.50. The van der Waals surface area contributed by atoms with Gasteiger partial charge in [-0.25, -0.2) is 9.78 Å². The number of aromatic nitrogens is 1. The Morgan fingerprint density at radius 2 is 2.00 bits per heavy atom. The van der Waals surface area contributed by atoms with Gasteiger partial charge in [-0.3, -0.25) is 0 Å². The van der Waals surface area contributed by atoms with Gasteiger partial charge in [0.15, 0.2) is 0 Å². The molecule has 3 rings (SSSR count). The lowest BCUT2D eigenvalue weighted by molar-refractivity contribution is -0.163. The maximum atomic E-state index is 11.2. The molecule has 1 N–H and O–H groups in total. The van der Waals surface area contributed by atoms with Crippen molar-refractivity contribution in [2.45, 2.75) is 24.9 Å².